The van der Waals surface area contributed by atoms with E-state index in [-0.39, 0.29) is 6.79 Å². The molecule has 1 aliphatic rings. The number of thiocarbonyl (C=S) groups is 1. The van der Waals surface area contributed by atoms with E-state index in [4.69, 9.17) is 27.4 Å². The summed E-state index contributed by atoms with van der Waals surface area (Å²) in [6.45, 7) is 0.259. The highest BCUT2D eigenvalue weighted by molar-refractivity contribution is 9.10. The Bertz CT molecular complexity index is 691. The molecule has 0 amide bonds. The predicted octanol–water partition coefficient (Wildman–Crippen LogP) is 3.56. The Morgan fingerprint density at radius 3 is 2.75 bits per heavy atom. The van der Waals surface area contributed by atoms with Gasteiger partial charge in [0.25, 0.3) is 0 Å². The number of fused-ring (bicyclic) bond motifs is 1. The van der Waals surface area contributed by atoms with Crippen LogP contribution in [0.2, 0.25) is 0 Å². The highest BCUT2D eigenvalue weighted by atomic mass is 79.9. The molecular formula is C14H11BrN2O2S. The number of benzene rings is 2. The third-order valence-electron chi connectivity index (χ3n) is 2.90. The average molecular weight is 351 g/mol. The van der Waals surface area contributed by atoms with Gasteiger partial charge in [0.1, 0.15) is 4.99 Å². The third kappa shape index (κ3) is 2.57. The Balaban J connectivity index is 1.93. The molecule has 0 radical (unpaired) electrons. The lowest BCUT2D eigenvalue weighted by Crippen LogP contribution is -2.11. The third-order valence-corrected chi connectivity index (χ3v) is 3.61. The molecule has 0 bridgehead atoms. The van der Waals surface area contributed by atoms with Gasteiger partial charge in [-0.15, -0.1) is 0 Å². The van der Waals surface area contributed by atoms with Gasteiger partial charge in [-0.2, -0.15) is 0 Å². The van der Waals surface area contributed by atoms with Crippen LogP contribution in [0.4, 0.5) is 11.4 Å². The van der Waals surface area contributed by atoms with Crippen LogP contribution in [0.15, 0.2) is 40.9 Å². The zero-order valence-electron chi connectivity index (χ0n) is 10.4. The summed E-state index contributed by atoms with van der Waals surface area (Å²) in [4.78, 5) is 0.342. The fraction of sp³-hybridized carbons (Fsp3) is 0.0714. The standard InChI is InChI=1S/C14H11BrN2O2S/c15-8-1-3-11(10(5-8)14(16)20)17-9-2-4-12-13(6-9)19-7-18-12/h1-6,17H,7H2,(H2,16,20). The molecule has 1 heterocycles. The Morgan fingerprint density at radius 1 is 1.15 bits per heavy atom. The Kier molecular flexibility index (Phi) is 3.50. The molecular weight excluding hydrogens is 340 g/mol. The second kappa shape index (κ2) is 5.30. The van der Waals surface area contributed by atoms with Crippen molar-refractivity contribution >= 4 is 44.5 Å². The minimum Gasteiger partial charge on any atom is -0.454 e. The first-order chi connectivity index (χ1) is 9.63. The number of rotatable bonds is 3. The van der Waals surface area contributed by atoms with Crippen molar-refractivity contribution in [1.82, 2.24) is 0 Å². The van der Waals surface area contributed by atoms with E-state index < -0.39 is 0 Å². The van der Waals surface area contributed by atoms with E-state index in [1.54, 1.807) is 0 Å². The van der Waals surface area contributed by atoms with Gasteiger partial charge in [0.05, 0.1) is 0 Å². The fourth-order valence-electron chi connectivity index (χ4n) is 1.96. The minimum atomic E-state index is 0.259. The molecule has 1 aliphatic heterocycles. The van der Waals surface area contributed by atoms with Crippen LogP contribution in [0.1, 0.15) is 5.56 Å². The van der Waals surface area contributed by atoms with Gasteiger partial charge in [-0.1, -0.05) is 28.1 Å². The summed E-state index contributed by atoms with van der Waals surface area (Å²) in [6, 6.07) is 11.4. The molecule has 6 heteroatoms. The lowest BCUT2D eigenvalue weighted by Gasteiger charge is -2.12. The molecule has 4 nitrogen and oxygen atoms in total. The molecule has 0 spiro atoms. The molecule has 3 rings (SSSR count). The summed E-state index contributed by atoms with van der Waals surface area (Å²) >= 11 is 8.49. The van der Waals surface area contributed by atoms with Gasteiger partial charge < -0.3 is 20.5 Å². The molecule has 0 saturated carbocycles. The van der Waals surface area contributed by atoms with Crippen molar-refractivity contribution in [2.45, 2.75) is 0 Å². The number of nitrogens with two attached hydrogens (primary N) is 1. The van der Waals surface area contributed by atoms with E-state index >= 15 is 0 Å². The van der Waals surface area contributed by atoms with Crippen molar-refractivity contribution in [3.63, 3.8) is 0 Å². The van der Waals surface area contributed by atoms with E-state index in [0.717, 1.165) is 32.9 Å². The van der Waals surface area contributed by atoms with Gasteiger partial charge in [-0.3, -0.25) is 0 Å². The molecule has 2 aromatic carbocycles. The van der Waals surface area contributed by atoms with E-state index in [9.17, 15) is 0 Å². The van der Waals surface area contributed by atoms with Gasteiger partial charge >= 0.3 is 0 Å². The number of nitrogens with one attached hydrogen (secondary N) is 1. The van der Waals surface area contributed by atoms with Crippen LogP contribution >= 0.6 is 28.1 Å². The second-order valence-electron chi connectivity index (χ2n) is 4.25. The number of ether oxygens (including phenoxy) is 2. The average Bonchev–Trinajstić information content (AvgIpc) is 2.88. The maximum absolute atomic E-state index is 5.75. The lowest BCUT2D eigenvalue weighted by molar-refractivity contribution is 0.174. The summed E-state index contributed by atoms with van der Waals surface area (Å²) in [5, 5.41) is 3.29. The van der Waals surface area contributed by atoms with E-state index in [2.05, 4.69) is 21.2 Å². The van der Waals surface area contributed by atoms with Crippen molar-refractivity contribution < 1.29 is 9.47 Å². The molecule has 102 valence electrons. The van der Waals surface area contributed by atoms with Gasteiger partial charge in [-0.05, 0) is 30.3 Å². The zero-order chi connectivity index (χ0) is 14.1. The maximum Gasteiger partial charge on any atom is 0.231 e. The Morgan fingerprint density at radius 2 is 1.95 bits per heavy atom. The maximum atomic E-state index is 5.75. The Hall–Kier alpha value is -1.79. The molecule has 3 N–H and O–H groups in total. The first-order valence-corrected chi connectivity index (χ1v) is 7.09. The molecule has 0 unspecified atom stereocenters. The van der Waals surface area contributed by atoms with Crippen molar-refractivity contribution in [3.05, 3.63) is 46.4 Å². The van der Waals surface area contributed by atoms with Crippen molar-refractivity contribution in [1.29, 1.82) is 0 Å². The van der Waals surface area contributed by atoms with Crippen LogP contribution in [0.25, 0.3) is 0 Å². The van der Waals surface area contributed by atoms with Gasteiger partial charge in [0.2, 0.25) is 6.79 Å². The SMILES string of the molecule is NC(=S)c1cc(Br)ccc1Nc1ccc2c(c1)OCO2. The molecule has 20 heavy (non-hydrogen) atoms. The normalized spacial score (nSPS) is 12.2. The summed E-state index contributed by atoms with van der Waals surface area (Å²) in [5.41, 5.74) is 8.27. The predicted molar refractivity (Wildman–Crippen MR) is 85.9 cm³/mol. The fourth-order valence-corrected chi connectivity index (χ4v) is 2.49. The minimum absolute atomic E-state index is 0.259. The topological polar surface area (TPSA) is 56.5 Å². The van der Waals surface area contributed by atoms with Crippen molar-refractivity contribution in [2.75, 3.05) is 12.1 Å². The molecule has 2 aromatic rings. The van der Waals surface area contributed by atoms with Crippen LogP contribution in [0, 0.1) is 0 Å². The summed E-state index contributed by atoms with van der Waals surface area (Å²) < 4.78 is 11.6. The van der Waals surface area contributed by atoms with Gasteiger partial charge in [0, 0.05) is 27.5 Å². The number of hydrogen-bond donors (Lipinski definition) is 2. The molecule has 0 saturated heterocycles. The summed E-state index contributed by atoms with van der Waals surface area (Å²) in [7, 11) is 0. The van der Waals surface area contributed by atoms with Gasteiger partial charge in [-0.25, -0.2) is 0 Å². The summed E-state index contributed by atoms with van der Waals surface area (Å²) in [5.74, 6) is 1.48. The number of anilines is 2. The second-order valence-corrected chi connectivity index (χ2v) is 5.60. The van der Waals surface area contributed by atoms with Crippen LogP contribution in [-0.2, 0) is 0 Å². The molecule has 0 atom stereocenters. The molecule has 0 aromatic heterocycles. The largest absolute Gasteiger partial charge is 0.454 e. The monoisotopic (exact) mass is 350 g/mol. The number of hydrogen-bond acceptors (Lipinski definition) is 4. The van der Waals surface area contributed by atoms with E-state index in [0.29, 0.717) is 4.99 Å². The first-order valence-electron chi connectivity index (χ1n) is 5.89. The van der Waals surface area contributed by atoms with E-state index in [1.807, 2.05) is 36.4 Å². The van der Waals surface area contributed by atoms with Crippen LogP contribution in [-0.4, -0.2) is 11.8 Å². The lowest BCUT2D eigenvalue weighted by atomic mass is 10.1. The van der Waals surface area contributed by atoms with Crippen molar-refractivity contribution in [3.8, 4) is 11.5 Å². The smallest absolute Gasteiger partial charge is 0.231 e. The first kappa shape index (κ1) is 13.2. The zero-order valence-corrected chi connectivity index (χ0v) is 12.8. The molecule has 0 aliphatic carbocycles. The van der Waals surface area contributed by atoms with Crippen LogP contribution < -0.4 is 20.5 Å². The van der Waals surface area contributed by atoms with Crippen molar-refractivity contribution in [2.24, 2.45) is 5.73 Å². The quantitative estimate of drug-likeness (QED) is 0.829. The highest BCUT2D eigenvalue weighted by Crippen LogP contribution is 2.35. The van der Waals surface area contributed by atoms with Crippen LogP contribution in [0.3, 0.4) is 0 Å². The van der Waals surface area contributed by atoms with Crippen LogP contribution in [0.5, 0.6) is 11.5 Å². The summed E-state index contributed by atoms with van der Waals surface area (Å²) in [6.07, 6.45) is 0. The number of halogens is 1. The van der Waals surface area contributed by atoms with Gasteiger partial charge in [0.15, 0.2) is 11.5 Å². The highest BCUT2D eigenvalue weighted by Gasteiger charge is 2.14. The van der Waals surface area contributed by atoms with E-state index in [1.165, 1.54) is 0 Å². The Labute approximate surface area is 130 Å². The molecule has 0 fully saturated rings.